The number of thiophene rings is 1. The fourth-order valence-corrected chi connectivity index (χ4v) is 4.66. The summed E-state index contributed by atoms with van der Waals surface area (Å²) in [7, 11) is 0. The molecule has 2 aromatic heterocycles. The fourth-order valence-electron chi connectivity index (χ4n) is 2.83. The van der Waals surface area contributed by atoms with Gasteiger partial charge in [0.2, 0.25) is 5.91 Å². The van der Waals surface area contributed by atoms with Crippen LogP contribution in [0.5, 0.6) is 0 Å². The number of thiazole rings is 1. The van der Waals surface area contributed by atoms with E-state index in [0.717, 1.165) is 15.6 Å². The third-order valence-electron chi connectivity index (χ3n) is 4.22. The van der Waals surface area contributed by atoms with E-state index < -0.39 is 0 Å². The zero-order valence-electron chi connectivity index (χ0n) is 15.0. The van der Waals surface area contributed by atoms with Crippen LogP contribution in [0.2, 0.25) is 0 Å². The van der Waals surface area contributed by atoms with Crippen LogP contribution in [0.1, 0.15) is 36.1 Å². The number of hydrogen-bond donors (Lipinski definition) is 0. The van der Waals surface area contributed by atoms with Gasteiger partial charge in [0, 0.05) is 31.6 Å². The predicted octanol–water partition coefficient (Wildman–Crippen LogP) is 3.51. The van der Waals surface area contributed by atoms with Crippen LogP contribution in [0.25, 0.3) is 9.88 Å². The Hall–Kier alpha value is -1.73. The molecule has 134 valence electrons. The highest BCUT2D eigenvalue weighted by Gasteiger charge is 2.32. The molecule has 1 aliphatic rings. The SMILES string of the molecule is Cc1nc(-c2cccs2)sc1C(=O)N1CCN(C(=O)C(C)(C)C)CC1. The molecule has 3 rings (SSSR count). The van der Waals surface area contributed by atoms with Crippen molar-refractivity contribution in [2.75, 3.05) is 26.2 Å². The lowest BCUT2D eigenvalue weighted by molar-refractivity contribution is -0.140. The van der Waals surface area contributed by atoms with Gasteiger partial charge in [0.1, 0.15) is 9.88 Å². The van der Waals surface area contributed by atoms with Crippen molar-refractivity contribution >= 4 is 34.5 Å². The fraction of sp³-hybridized carbons (Fsp3) is 0.500. The van der Waals surface area contributed by atoms with E-state index in [0.29, 0.717) is 31.1 Å². The summed E-state index contributed by atoms with van der Waals surface area (Å²) in [4.78, 5) is 35.3. The minimum atomic E-state index is -0.379. The monoisotopic (exact) mass is 377 g/mol. The molecule has 0 spiro atoms. The van der Waals surface area contributed by atoms with E-state index in [4.69, 9.17) is 0 Å². The van der Waals surface area contributed by atoms with Crippen LogP contribution in [-0.2, 0) is 4.79 Å². The molecule has 25 heavy (non-hydrogen) atoms. The van der Waals surface area contributed by atoms with Gasteiger partial charge in [0.05, 0.1) is 10.6 Å². The summed E-state index contributed by atoms with van der Waals surface area (Å²) in [5, 5.41) is 2.91. The Labute approximate surface area is 156 Å². The van der Waals surface area contributed by atoms with E-state index in [2.05, 4.69) is 4.98 Å². The molecule has 0 saturated carbocycles. The molecular weight excluding hydrogens is 354 g/mol. The molecule has 0 aromatic carbocycles. The molecule has 0 N–H and O–H groups in total. The molecule has 0 unspecified atom stereocenters. The molecule has 3 heterocycles. The summed E-state index contributed by atoms with van der Waals surface area (Å²) in [6.07, 6.45) is 0. The quantitative estimate of drug-likeness (QED) is 0.805. The van der Waals surface area contributed by atoms with E-state index in [-0.39, 0.29) is 17.2 Å². The normalized spacial score (nSPS) is 15.5. The maximum atomic E-state index is 12.9. The lowest BCUT2D eigenvalue weighted by Gasteiger charge is -2.37. The summed E-state index contributed by atoms with van der Waals surface area (Å²) < 4.78 is 0. The van der Waals surface area contributed by atoms with Gasteiger partial charge >= 0.3 is 0 Å². The van der Waals surface area contributed by atoms with E-state index in [1.54, 1.807) is 11.3 Å². The first-order valence-corrected chi connectivity index (χ1v) is 10.1. The maximum Gasteiger partial charge on any atom is 0.265 e. The second-order valence-electron chi connectivity index (χ2n) is 7.25. The van der Waals surface area contributed by atoms with Crippen molar-refractivity contribution in [1.82, 2.24) is 14.8 Å². The Morgan fingerprint density at radius 2 is 1.76 bits per heavy atom. The topological polar surface area (TPSA) is 53.5 Å². The second kappa shape index (κ2) is 6.88. The maximum absolute atomic E-state index is 12.9. The van der Waals surface area contributed by atoms with E-state index in [1.165, 1.54) is 11.3 Å². The summed E-state index contributed by atoms with van der Waals surface area (Å²) >= 11 is 3.09. The highest BCUT2D eigenvalue weighted by Crippen LogP contribution is 2.32. The number of carbonyl (C=O) groups excluding carboxylic acids is 2. The molecule has 2 aromatic rings. The molecular formula is C18H23N3O2S2. The Morgan fingerprint density at radius 1 is 1.12 bits per heavy atom. The molecule has 0 radical (unpaired) electrons. The van der Waals surface area contributed by atoms with Crippen LogP contribution < -0.4 is 0 Å². The van der Waals surface area contributed by atoms with Crippen molar-refractivity contribution in [3.63, 3.8) is 0 Å². The third kappa shape index (κ3) is 3.77. The van der Waals surface area contributed by atoms with E-state index >= 15 is 0 Å². The standard InChI is InChI=1S/C18H23N3O2S2/c1-12-14(25-15(19-12)13-6-5-11-24-13)16(22)20-7-9-21(10-8-20)17(23)18(2,3)4/h5-6,11H,7-10H2,1-4H3. The number of rotatable bonds is 2. The van der Waals surface area contributed by atoms with Crippen LogP contribution >= 0.6 is 22.7 Å². The van der Waals surface area contributed by atoms with Crippen molar-refractivity contribution in [3.05, 3.63) is 28.1 Å². The average Bonchev–Trinajstić information content (AvgIpc) is 3.22. The molecule has 1 aliphatic heterocycles. The van der Waals surface area contributed by atoms with Crippen LogP contribution in [0.4, 0.5) is 0 Å². The average molecular weight is 378 g/mol. The van der Waals surface area contributed by atoms with Crippen LogP contribution in [-0.4, -0.2) is 52.8 Å². The van der Waals surface area contributed by atoms with Crippen LogP contribution in [0.3, 0.4) is 0 Å². The Kier molecular flexibility index (Phi) is 4.97. The first-order valence-electron chi connectivity index (χ1n) is 8.37. The molecule has 5 nitrogen and oxygen atoms in total. The van der Waals surface area contributed by atoms with E-state index in [1.807, 2.05) is 55.0 Å². The van der Waals surface area contributed by atoms with Gasteiger partial charge < -0.3 is 9.80 Å². The number of aromatic nitrogens is 1. The van der Waals surface area contributed by atoms with Gasteiger partial charge in [-0.1, -0.05) is 26.8 Å². The summed E-state index contributed by atoms with van der Waals surface area (Å²) in [5.41, 5.74) is 0.405. The first kappa shape index (κ1) is 18.1. The Balaban J connectivity index is 1.68. The molecule has 0 atom stereocenters. The Morgan fingerprint density at radius 3 is 2.32 bits per heavy atom. The molecule has 1 saturated heterocycles. The lowest BCUT2D eigenvalue weighted by atomic mass is 9.94. The van der Waals surface area contributed by atoms with Gasteiger partial charge in [-0.05, 0) is 18.4 Å². The zero-order valence-corrected chi connectivity index (χ0v) is 16.7. The van der Waals surface area contributed by atoms with Gasteiger partial charge in [0.25, 0.3) is 5.91 Å². The van der Waals surface area contributed by atoms with Gasteiger partial charge in [-0.3, -0.25) is 9.59 Å². The number of carbonyl (C=O) groups is 2. The molecule has 1 fully saturated rings. The van der Waals surface area contributed by atoms with Gasteiger partial charge in [-0.15, -0.1) is 22.7 Å². The number of amides is 2. The zero-order chi connectivity index (χ0) is 18.2. The first-order chi connectivity index (χ1) is 11.8. The number of piperazine rings is 1. The number of hydrogen-bond acceptors (Lipinski definition) is 5. The minimum Gasteiger partial charge on any atom is -0.339 e. The largest absolute Gasteiger partial charge is 0.339 e. The van der Waals surface area contributed by atoms with Crippen LogP contribution in [0, 0.1) is 12.3 Å². The molecule has 2 amide bonds. The Bertz CT molecular complexity index is 767. The van der Waals surface area contributed by atoms with Crippen LogP contribution in [0.15, 0.2) is 17.5 Å². The van der Waals surface area contributed by atoms with Crippen molar-refractivity contribution in [3.8, 4) is 9.88 Å². The van der Waals surface area contributed by atoms with Crippen molar-refractivity contribution in [2.24, 2.45) is 5.41 Å². The van der Waals surface area contributed by atoms with Crippen molar-refractivity contribution in [1.29, 1.82) is 0 Å². The number of nitrogens with zero attached hydrogens (tertiary/aromatic N) is 3. The highest BCUT2D eigenvalue weighted by atomic mass is 32.1. The summed E-state index contributed by atoms with van der Waals surface area (Å²) in [6, 6.07) is 4.01. The smallest absolute Gasteiger partial charge is 0.265 e. The highest BCUT2D eigenvalue weighted by molar-refractivity contribution is 7.22. The van der Waals surface area contributed by atoms with E-state index in [9.17, 15) is 9.59 Å². The van der Waals surface area contributed by atoms with Crippen molar-refractivity contribution < 1.29 is 9.59 Å². The molecule has 7 heteroatoms. The molecule has 0 bridgehead atoms. The molecule has 0 aliphatic carbocycles. The predicted molar refractivity (Wildman–Crippen MR) is 102 cm³/mol. The minimum absolute atomic E-state index is 0.0284. The van der Waals surface area contributed by atoms with Gasteiger partial charge in [-0.2, -0.15) is 0 Å². The van der Waals surface area contributed by atoms with Gasteiger partial charge in [0.15, 0.2) is 0 Å². The van der Waals surface area contributed by atoms with Gasteiger partial charge in [-0.25, -0.2) is 4.98 Å². The number of aryl methyl sites for hydroxylation is 1. The summed E-state index contributed by atoms with van der Waals surface area (Å²) in [6.45, 7) is 10.0. The lowest BCUT2D eigenvalue weighted by Crippen LogP contribution is -2.53. The third-order valence-corrected chi connectivity index (χ3v) is 6.40. The second-order valence-corrected chi connectivity index (χ2v) is 9.19. The summed E-state index contributed by atoms with van der Waals surface area (Å²) in [5.74, 6) is 0.175. The van der Waals surface area contributed by atoms with Crippen molar-refractivity contribution in [2.45, 2.75) is 27.7 Å².